The quantitative estimate of drug-likeness (QED) is 0.435. The van der Waals surface area contributed by atoms with E-state index >= 15 is 0 Å². The summed E-state index contributed by atoms with van der Waals surface area (Å²) in [5.74, 6) is -0.0575. The Labute approximate surface area is 204 Å². The molecule has 4 rings (SSSR count). The molecule has 172 valence electrons. The first-order valence-electron chi connectivity index (χ1n) is 10.5. The summed E-state index contributed by atoms with van der Waals surface area (Å²) in [5.41, 5.74) is 4.93. The van der Waals surface area contributed by atoms with Crippen LogP contribution < -0.4 is 10.0 Å². The summed E-state index contributed by atoms with van der Waals surface area (Å²) >= 11 is 12.2. The molecular weight excluding hydrogens is 479 g/mol. The number of carbonyl (C=O) groups excluding carboxylic acids is 1. The van der Waals surface area contributed by atoms with Crippen LogP contribution in [0.4, 0.5) is 5.69 Å². The van der Waals surface area contributed by atoms with E-state index in [-0.39, 0.29) is 12.5 Å². The second kappa shape index (κ2) is 9.11. The Kier molecular flexibility index (Phi) is 6.56. The van der Waals surface area contributed by atoms with Crippen LogP contribution in [0.25, 0.3) is 11.1 Å². The molecule has 2 N–H and O–H groups in total. The molecule has 0 atom stereocenters. The molecule has 1 amide bonds. The molecule has 0 bridgehead atoms. The van der Waals surface area contributed by atoms with Crippen molar-refractivity contribution >= 4 is 44.8 Å². The maximum atomic E-state index is 13.2. The van der Waals surface area contributed by atoms with Gasteiger partial charge in [0.2, 0.25) is 15.9 Å². The van der Waals surface area contributed by atoms with Gasteiger partial charge in [0.15, 0.2) is 0 Å². The molecule has 8 heteroatoms. The zero-order chi connectivity index (χ0) is 23.8. The average Bonchev–Trinajstić information content (AvgIpc) is 3.58. The molecule has 0 heterocycles. The van der Waals surface area contributed by atoms with Gasteiger partial charge in [0.1, 0.15) is 0 Å². The third-order valence-corrected chi connectivity index (χ3v) is 7.36. The van der Waals surface area contributed by atoms with E-state index in [9.17, 15) is 13.2 Å². The van der Waals surface area contributed by atoms with Crippen LogP contribution in [0.5, 0.6) is 0 Å². The Morgan fingerprint density at radius 1 is 0.970 bits per heavy atom. The first kappa shape index (κ1) is 23.8. The number of nitrogens with one attached hydrogen (secondary N) is 2. The topological polar surface area (TPSA) is 75.3 Å². The number of sulfonamides is 1. The average molecular weight is 503 g/mol. The third kappa shape index (κ3) is 5.41. The maximum absolute atomic E-state index is 13.2. The smallest absolute Gasteiger partial charge is 0.235 e. The predicted octanol–water partition coefficient (Wildman–Crippen LogP) is 5.69. The minimum Gasteiger partial charge on any atom is -0.325 e. The standard InChI is InChI=1S/C25H24Cl2N2O3S/c1-16-3-9-20(14-21(16)18-6-4-17(5-7-18)15-28-33(2,31)32)29-24(30)25(11-12-25)19-8-10-22(26)23(27)13-19/h3-10,13-14,28H,11-12,15H2,1-2H3,(H,29,30). The lowest BCUT2D eigenvalue weighted by atomic mass is 9.94. The van der Waals surface area contributed by atoms with Crippen molar-refractivity contribution in [3.05, 3.63) is 87.4 Å². The largest absolute Gasteiger partial charge is 0.325 e. The van der Waals surface area contributed by atoms with Crippen LogP contribution >= 0.6 is 23.2 Å². The van der Waals surface area contributed by atoms with Gasteiger partial charge in [0.25, 0.3) is 0 Å². The summed E-state index contributed by atoms with van der Waals surface area (Å²) in [7, 11) is -3.24. The predicted molar refractivity (Wildman–Crippen MR) is 134 cm³/mol. The normalized spacial score (nSPS) is 14.7. The van der Waals surface area contributed by atoms with Crippen LogP contribution in [-0.4, -0.2) is 20.6 Å². The molecule has 0 radical (unpaired) electrons. The highest BCUT2D eigenvalue weighted by molar-refractivity contribution is 7.88. The van der Waals surface area contributed by atoms with Gasteiger partial charge in [-0.2, -0.15) is 0 Å². The zero-order valence-corrected chi connectivity index (χ0v) is 20.6. The van der Waals surface area contributed by atoms with Gasteiger partial charge in [-0.05, 0) is 71.8 Å². The highest BCUT2D eigenvalue weighted by Gasteiger charge is 2.51. The number of rotatable bonds is 7. The lowest BCUT2D eigenvalue weighted by Crippen LogP contribution is -2.27. The van der Waals surface area contributed by atoms with Crippen molar-refractivity contribution < 1.29 is 13.2 Å². The van der Waals surface area contributed by atoms with Crippen molar-refractivity contribution in [1.29, 1.82) is 0 Å². The minimum atomic E-state index is -3.24. The number of hydrogen-bond acceptors (Lipinski definition) is 3. The highest BCUT2D eigenvalue weighted by atomic mass is 35.5. The number of amides is 1. The Morgan fingerprint density at radius 2 is 1.67 bits per heavy atom. The van der Waals surface area contributed by atoms with Crippen molar-refractivity contribution in [2.45, 2.75) is 31.7 Å². The molecule has 0 spiro atoms. The maximum Gasteiger partial charge on any atom is 0.235 e. The Hall–Kier alpha value is -2.38. The highest BCUT2D eigenvalue weighted by Crippen LogP contribution is 2.50. The fraction of sp³-hybridized carbons (Fsp3) is 0.240. The first-order chi connectivity index (χ1) is 15.6. The molecule has 0 unspecified atom stereocenters. The SMILES string of the molecule is Cc1ccc(NC(=O)C2(c3ccc(Cl)c(Cl)c3)CC2)cc1-c1ccc(CNS(C)(=O)=O)cc1. The number of benzene rings is 3. The Morgan fingerprint density at radius 3 is 2.27 bits per heavy atom. The molecular formula is C25H24Cl2N2O3S. The van der Waals surface area contributed by atoms with Gasteiger partial charge in [-0.3, -0.25) is 4.79 Å². The lowest BCUT2D eigenvalue weighted by Gasteiger charge is -2.17. The summed E-state index contributed by atoms with van der Waals surface area (Å²) in [6.07, 6.45) is 2.66. The van der Waals surface area contributed by atoms with Crippen molar-refractivity contribution in [1.82, 2.24) is 4.72 Å². The number of halogens is 2. The van der Waals surface area contributed by atoms with E-state index in [2.05, 4.69) is 10.0 Å². The van der Waals surface area contributed by atoms with Gasteiger partial charge in [-0.25, -0.2) is 13.1 Å². The molecule has 1 aliphatic rings. The van der Waals surface area contributed by atoms with E-state index in [1.54, 1.807) is 12.1 Å². The summed E-state index contributed by atoms with van der Waals surface area (Å²) in [4.78, 5) is 13.2. The molecule has 1 fully saturated rings. The van der Waals surface area contributed by atoms with Crippen molar-refractivity contribution in [3.63, 3.8) is 0 Å². The van der Waals surface area contributed by atoms with Gasteiger partial charge in [-0.1, -0.05) is 59.6 Å². The van der Waals surface area contributed by atoms with Crippen LogP contribution in [-0.2, 0) is 26.8 Å². The Balaban J connectivity index is 1.53. The number of hydrogen-bond donors (Lipinski definition) is 2. The molecule has 3 aromatic rings. The molecule has 1 saturated carbocycles. The van der Waals surface area contributed by atoms with Crippen molar-refractivity contribution in [2.24, 2.45) is 0 Å². The van der Waals surface area contributed by atoms with E-state index in [0.29, 0.717) is 10.0 Å². The fourth-order valence-electron chi connectivity index (χ4n) is 3.84. The van der Waals surface area contributed by atoms with Crippen molar-refractivity contribution in [3.8, 4) is 11.1 Å². The molecule has 5 nitrogen and oxygen atoms in total. The van der Waals surface area contributed by atoms with Crippen LogP contribution in [0.1, 0.15) is 29.5 Å². The molecule has 0 aromatic heterocycles. The molecule has 0 saturated heterocycles. The fourth-order valence-corrected chi connectivity index (χ4v) is 4.57. The summed E-state index contributed by atoms with van der Waals surface area (Å²) in [5, 5.41) is 3.99. The Bertz CT molecular complexity index is 1320. The van der Waals surface area contributed by atoms with Crippen molar-refractivity contribution in [2.75, 3.05) is 11.6 Å². The van der Waals surface area contributed by atoms with E-state index in [1.807, 2.05) is 55.5 Å². The summed E-state index contributed by atoms with van der Waals surface area (Å²) in [6.45, 7) is 2.25. The molecule has 3 aromatic carbocycles. The van der Waals surface area contributed by atoms with Crippen LogP contribution in [0.15, 0.2) is 60.7 Å². The summed E-state index contributed by atoms with van der Waals surface area (Å²) < 4.78 is 25.1. The minimum absolute atomic E-state index is 0.0575. The second-order valence-electron chi connectivity index (χ2n) is 8.49. The van der Waals surface area contributed by atoms with Crippen LogP contribution in [0.2, 0.25) is 10.0 Å². The molecule has 0 aliphatic heterocycles. The number of carbonyl (C=O) groups is 1. The van der Waals surface area contributed by atoms with E-state index in [4.69, 9.17) is 23.2 Å². The van der Waals surface area contributed by atoms with Gasteiger partial charge < -0.3 is 5.32 Å². The third-order valence-electron chi connectivity index (χ3n) is 5.96. The van der Waals surface area contributed by atoms with Gasteiger partial charge in [0.05, 0.1) is 21.7 Å². The van der Waals surface area contributed by atoms with E-state index in [1.165, 1.54) is 0 Å². The van der Waals surface area contributed by atoms with Gasteiger partial charge in [0, 0.05) is 12.2 Å². The van der Waals surface area contributed by atoms with Gasteiger partial charge in [-0.15, -0.1) is 0 Å². The second-order valence-corrected chi connectivity index (χ2v) is 11.1. The van der Waals surface area contributed by atoms with E-state index < -0.39 is 15.4 Å². The zero-order valence-electron chi connectivity index (χ0n) is 18.3. The van der Waals surface area contributed by atoms with E-state index in [0.717, 1.165) is 52.6 Å². The molecule has 1 aliphatic carbocycles. The van der Waals surface area contributed by atoms with Crippen LogP contribution in [0.3, 0.4) is 0 Å². The lowest BCUT2D eigenvalue weighted by molar-refractivity contribution is -0.118. The number of aryl methyl sites for hydroxylation is 1. The first-order valence-corrected chi connectivity index (χ1v) is 13.1. The molecule has 33 heavy (non-hydrogen) atoms. The van der Waals surface area contributed by atoms with Gasteiger partial charge >= 0.3 is 0 Å². The monoisotopic (exact) mass is 502 g/mol. The number of anilines is 1. The van der Waals surface area contributed by atoms with Crippen LogP contribution in [0, 0.1) is 6.92 Å². The summed E-state index contributed by atoms with van der Waals surface area (Å²) in [6, 6.07) is 18.9.